The van der Waals surface area contributed by atoms with Crippen molar-refractivity contribution in [1.82, 2.24) is 0 Å². The van der Waals surface area contributed by atoms with E-state index < -0.39 is 0 Å². The summed E-state index contributed by atoms with van der Waals surface area (Å²) in [4.78, 5) is 0. The first-order chi connectivity index (χ1) is 15.0. The lowest BCUT2D eigenvalue weighted by atomic mass is 10.1. The third-order valence-corrected chi connectivity index (χ3v) is 5.60. The Labute approximate surface area is 184 Å². The molecule has 0 N–H and O–H groups in total. The molecule has 0 aliphatic heterocycles. The van der Waals surface area contributed by atoms with Gasteiger partial charge in [-0.05, 0) is 44.5 Å². The van der Waals surface area contributed by atoms with Crippen molar-refractivity contribution in [2.45, 2.75) is 20.8 Å². The normalized spacial score (nSPS) is 10.7. The average molecular weight is 413 g/mol. The molecule has 0 atom stereocenters. The molecule has 0 spiro atoms. The number of aryl methyl sites for hydroxylation is 3. The minimum absolute atomic E-state index is 0.834. The van der Waals surface area contributed by atoms with Gasteiger partial charge in [-0.1, -0.05) is 11.6 Å². The van der Waals surface area contributed by atoms with Crippen LogP contribution in [-0.2, 0) is 0 Å². The van der Waals surface area contributed by atoms with Gasteiger partial charge in [0.05, 0.1) is 14.2 Å². The zero-order chi connectivity index (χ0) is 22.0. The predicted molar refractivity (Wildman–Crippen MR) is 122 cm³/mol. The smallest absolute Gasteiger partial charge is 0.217 e. The molecule has 4 heteroatoms. The van der Waals surface area contributed by atoms with Crippen LogP contribution in [0.25, 0.3) is 22.5 Å². The largest absolute Gasteiger partial charge is 0.497 e. The second kappa shape index (κ2) is 8.60. The highest BCUT2D eigenvalue weighted by Crippen LogP contribution is 2.28. The van der Waals surface area contributed by atoms with Crippen molar-refractivity contribution >= 4 is 0 Å². The molecular weight excluding hydrogens is 384 g/mol. The van der Waals surface area contributed by atoms with Crippen molar-refractivity contribution in [2.24, 2.45) is 0 Å². The fourth-order valence-electron chi connectivity index (χ4n) is 3.93. The minimum atomic E-state index is 0.834. The second-order valence-corrected chi connectivity index (χ2v) is 7.77. The van der Waals surface area contributed by atoms with Crippen LogP contribution in [0, 0.1) is 20.8 Å². The van der Waals surface area contributed by atoms with Crippen LogP contribution in [0.5, 0.6) is 11.5 Å². The molecule has 4 aromatic rings. The number of pyridine rings is 2. The first kappa shape index (κ1) is 20.6. The van der Waals surface area contributed by atoms with Crippen LogP contribution >= 0.6 is 0 Å². The standard InChI is InChI=1S/C27H28N2O2/c1-19-6-8-26(20(2)16-19)29-15-12-24(27(18-29)31-5)22-10-13-28(14-11-22)25-9-7-23(30-4)17-21(25)3/h6-18H,1-5H3/q+2. The van der Waals surface area contributed by atoms with E-state index >= 15 is 0 Å². The Bertz CT molecular complexity index is 1230. The molecule has 31 heavy (non-hydrogen) atoms. The highest BCUT2D eigenvalue weighted by molar-refractivity contribution is 5.68. The Kier molecular flexibility index (Phi) is 5.72. The monoisotopic (exact) mass is 412 g/mol. The molecule has 156 valence electrons. The van der Waals surface area contributed by atoms with Gasteiger partial charge in [0.2, 0.25) is 17.6 Å². The topological polar surface area (TPSA) is 26.2 Å². The Morgan fingerprint density at radius 3 is 1.94 bits per heavy atom. The Hall–Kier alpha value is -3.66. The van der Waals surface area contributed by atoms with Crippen molar-refractivity contribution < 1.29 is 18.6 Å². The Morgan fingerprint density at radius 2 is 1.29 bits per heavy atom. The molecule has 0 fully saturated rings. The maximum absolute atomic E-state index is 5.74. The van der Waals surface area contributed by atoms with Crippen molar-refractivity contribution in [1.29, 1.82) is 0 Å². The highest BCUT2D eigenvalue weighted by atomic mass is 16.5. The first-order valence-electron chi connectivity index (χ1n) is 10.3. The number of benzene rings is 2. The van der Waals surface area contributed by atoms with Gasteiger partial charge >= 0.3 is 0 Å². The minimum Gasteiger partial charge on any atom is -0.497 e. The van der Waals surface area contributed by atoms with Crippen molar-refractivity contribution in [2.75, 3.05) is 14.2 Å². The summed E-state index contributed by atoms with van der Waals surface area (Å²) in [7, 11) is 3.41. The van der Waals surface area contributed by atoms with Gasteiger partial charge in [-0.2, -0.15) is 9.13 Å². The van der Waals surface area contributed by atoms with Crippen LogP contribution in [0.3, 0.4) is 0 Å². The maximum Gasteiger partial charge on any atom is 0.217 e. The number of methoxy groups -OCH3 is 2. The van der Waals surface area contributed by atoms with E-state index in [-0.39, 0.29) is 0 Å². The van der Waals surface area contributed by atoms with Crippen LogP contribution < -0.4 is 18.6 Å². The molecule has 2 heterocycles. The van der Waals surface area contributed by atoms with Gasteiger partial charge in [0, 0.05) is 47.0 Å². The van der Waals surface area contributed by atoms with E-state index in [2.05, 4.69) is 91.0 Å². The highest BCUT2D eigenvalue weighted by Gasteiger charge is 2.17. The Morgan fingerprint density at radius 1 is 0.645 bits per heavy atom. The van der Waals surface area contributed by atoms with E-state index in [1.807, 2.05) is 18.3 Å². The summed E-state index contributed by atoms with van der Waals surface area (Å²) in [6, 6.07) is 18.9. The van der Waals surface area contributed by atoms with Gasteiger partial charge < -0.3 is 9.47 Å². The third kappa shape index (κ3) is 4.15. The van der Waals surface area contributed by atoms with Gasteiger partial charge in [-0.25, -0.2) is 0 Å². The first-order valence-corrected chi connectivity index (χ1v) is 10.3. The molecule has 0 unspecified atom stereocenters. The number of hydrogen-bond acceptors (Lipinski definition) is 2. The van der Waals surface area contributed by atoms with E-state index in [9.17, 15) is 0 Å². The fraction of sp³-hybridized carbons (Fsp3) is 0.185. The van der Waals surface area contributed by atoms with Gasteiger partial charge in [-0.15, -0.1) is 0 Å². The molecular formula is C27H28N2O2+2. The van der Waals surface area contributed by atoms with Crippen LogP contribution in [0.1, 0.15) is 16.7 Å². The average Bonchev–Trinajstić information content (AvgIpc) is 2.79. The summed E-state index contributed by atoms with van der Waals surface area (Å²) in [5.74, 6) is 1.70. The third-order valence-electron chi connectivity index (χ3n) is 5.60. The summed E-state index contributed by atoms with van der Waals surface area (Å²) in [5, 5.41) is 0. The van der Waals surface area contributed by atoms with E-state index in [4.69, 9.17) is 9.47 Å². The molecule has 0 aliphatic carbocycles. The van der Waals surface area contributed by atoms with Crippen LogP contribution in [0.2, 0.25) is 0 Å². The summed E-state index contributed by atoms with van der Waals surface area (Å²) in [6.45, 7) is 6.33. The Balaban J connectivity index is 1.68. The molecule has 0 radical (unpaired) electrons. The predicted octanol–water partition coefficient (Wildman–Crippen LogP) is 4.85. The van der Waals surface area contributed by atoms with Gasteiger partial charge in [0.1, 0.15) is 5.75 Å². The zero-order valence-corrected chi connectivity index (χ0v) is 18.7. The molecule has 0 aliphatic rings. The molecule has 4 rings (SSSR count). The van der Waals surface area contributed by atoms with Crippen molar-refractivity contribution in [3.8, 4) is 34.0 Å². The molecule has 4 nitrogen and oxygen atoms in total. The molecule has 0 bridgehead atoms. The molecule has 0 saturated carbocycles. The van der Waals surface area contributed by atoms with E-state index in [0.29, 0.717) is 0 Å². The number of hydrogen-bond donors (Lipinski definition) is 0. The van der Waals surface area contributed by atoms with Crippen LogP contribution in [0.15, 0.2) is 79.4 Å². The summed E-state index contributed by atoms with van der Waals surface area (Å²) in [5.41, 5.74) is 8.08. The SMILES string of the molecule is COc1ccc(-[n+]2ccc(-c3cc[n+](-c4ccc(C)cc4C)cc3OC)cc2)c(C)c1. The maximum atomic E-state index is 5.74. The van der Waals surface area contributed by atoms with E-state index in [1.54, 1.807) is 14.2 Å². The summed E-state index contributed by atoms with van der Waals surface area (Å²) >= 11 is 0. The second-order valence-electron chi connectivity index (χ2n) is 7.77. The van der Waals surface area contributed by atoms with Crippen LogP contribution in [-0.4, -0.2) is 14.2 Å². The van der Waals surface area contributed by atoms with Crippen molar-refractivity contribution in [3.63, 3.8) is 0 Å². The van der Waals surface area contributed by atoms with E-state index in [0.717, 1.165) is 39.6 Å². The van der Waals surface area contributed by atoms with Gasteiger partial charge in [-0.3, -0.25) is 0 Å². The zero-order valence-electron chi connectivity index (χ0n) is 18.7. The number of aromatic nitrogens is 2. The molecule has 2 aromatic carbocycles. The van der Waals surface area contributed by atoms with E-state index in [1.165, 1.54) is 11.1 Å². The fourth-order valence-corrected chi connectivity index (χ4v) is 3.93. The lowest BCUT2D eigenvalue weighted by molar-refractivity contribution is -0.596. The van der Waals surface area contributed by atoms with Gasteiger partial charge in [0.15, 0.2) is 24.3 Å². The molecule has 0 amide bonds. The summed E-state index contributed by atoms with van der Waals surface area (Å²) in [6.07, 6.45) is 8.29. The summed E-state index contributed by atoms with van der Waals surface area (Å²) < 4.78 is 15.3. The lowest BCUT2D eigenvalue weighted by Gasteiger charge is -2.09. The van der Waals surface area contributed by atoms with Crippen molar-refractivity contribution in [3.05, 3.63) is 96.1 Å². The number of ether oxygens (including phenoxy) is 2. The number of nitrogens with zero attached hydrogens (tertiary/aromatic N) is 2. The lowest BCUT2D eigenvalue weighted by Crippen LogP contribution is -2.31. The quantitative estimate of drug-likeness (QED) is 0.438. The molecule has 0 saturated heterocycles. The molecule has 2 aromatic heterocycles. The number of rotatable bonds is 5. The van der Waals surface area contributed by atoms with Crippen LogP contribution in [0.4, 0.5) is 0 Å². The van der Waals surface area contributed by atoms with Gasteiger partial charge in [0.25, 0.3) is 0 Å².